The maximum atomic E-state index is 11.4. The van der Waals surface area contributed by atoms with Gasteiger partial charge in [-0.25, -0.2) is 4.79 Å². The third-order valence-electron chi connectivity index (χ3n) is 5.17. The lowest BCUT2D eigenvalue weighted by molar-refractivity contribution is 0.0697. The van der Waals surface area contributed by atoms with Gasteiger partial charge in [0.25, 0.3) is 0 Å². The van der Waals surface area contributed by atoms with Crippen molar-refractivity contribution in [1.29, 1.82) is 5.26 Å². The van der Waals surface area contributed by atoms with E-state index in [1.165, 1.54) is 0 Å². The summed E-state index contributed by atoms with van der Waals surface area (Å²) in [6.07, 6.45) is 1.93. The molecule has 1 fully saturated rings. The molecule has 5 heteroatoms. The molecule has 126 valence electrons. The van der Waals surface area contributed by atoms with Crippen LogP contribution in [0.5, 0.6) is 0 Å². The van der Waals surface area contributed by atoms with Gasteiger partial charge in [0, 0.05) is 35.4 Å². The Morgan fingerprint density at radius 2 is 1.84 bits per heavy atom. The number of carbonyl (C=O) groups is 1. The van der Waals surface area contributed by atoms with Crippen LogP contribution in [0.2, 0.25) is 0 Å². The van der Waals surface area contributed by atoms with Crippen molar-refractivity contribution in [2.45, 2.75) is 18.9 Å². The standard InChI is InChI=1S/C20H19N3O2/c21-9-12-22-10-7-15(8-11-22)23-18-4-2-1-3-16(18)17-6-5-14(20(24)25)13-19(17)23/h1-6,13,15H,7-8,10-12H2,(H,24,25). The molecule has 0 amide bonds. The number of piperidine rings is 1. The molecule has 5 nitrogen and oxygen atoms in total. The Bertz CT molecular complexity index is 991. The molecule has 2 heterocycles. The summed E-state index contributed by atoms with van der Waals surface area (Å²) in [4.78, 5) is 13.6. The summed E-state index contributed by atoms with van der Waals surface area (Å²) >= 11 is 0. The Kier molecular flexibility index (Phi) is 3.90. The van der Waals surface area contributed by atoms with Gasteiger partial charge >= 0.3 is 5.97 Å². The number of rotatable bonds is 3. The lowest BCUT2D eigenvalue weighted by Crippen LogP contribution is -2.34. The Morgan fingerprint density at radius 3 is 2.56 bits per heavy atom. The number of benzene rings is 2. The van der Waals surface area contributed by atoms with Crippen LogP contribution in [0.3, 0.4) is 0 Å². The first-order valence-corrected chi connectivity index (χ1v) is 8.54. The fourth-order valence-corrected chi connectivity index (χ4v) is 3.96. The van der Waals surface area contributed by atoms with Gasteiger partial charge in [0.15, 0.2) is 0 Å². The number of nitrogens with zero attached hydrogens (tertiary/aromatic N) is 3. The minimum atomic E-state index is -0.900. The Balaban J connectivity index is 1.84. The van der Waals surface area contributed by atoms with Crippen LogP contribution in [0.25, 0.3) is 21.8 Å². The summed E-state index contributed by atoms with van der Waals surface area (Å²) in [7, 11) is 0. The molecule has 25 heavy (non-hydrogen) atoms. The summed E-state index contributed by atoms with van der Waals surface area (Å²) in [5.74, 6) is -0.900. The first-order chi connectivity index (χ1) is 12.2. The van der Waals surface area contributed by atoms with E-state index in [4.69, 9.17) is 5.26 Å². The number of hydrogen-bond donors (Lipinski definition) is 1. The van der Waals surface area contributed by atoms with Gasteiger partial charge in [-0.1, -0.05) is 24.3 Å². The molecule has 0 radical (unpaired) electrons. The maximum absolute atomic E-state index is 11.4. The highest BCUT2D eigenvalue weighted by molar-refractivity contribution is 6.09. The molecule has 3 aromatic rings. The molecule has 0 spiro atoms. The number of fused-ring (bicyclic) bond motifs is 3. The van der Waals surface area contributed by atoms with Gasteiger partial charge in [-0.05, 0) is 31.0 Å². The van der Waals surface area contributed by atoms with E-state index >= 15 is 0 Å². The monoisotopic (exact) mass is 333 g/mol. The van der Waals surface area contributed by atoms with Crippen LogP contribution in [0.1, 0.15) is 29.2 Å². The third-order valence-corrected chi connectivity index (χ3v) is 5.17. The van der Waals surface area contributed by atoms with Crippen molar-refractivity contribution >= 4 is 27.8 Å². The van der Waals surface area contributed by atoms with Gasteiger partial charge in [-0.15, -0.1) is 0 Å². The van der Waals surface area contributed by atoms with Crippen molar-refractivity contribution in [3.05, 3.63) is 48.0 Å². The van der Waals surface area contributed by atoms with Crippen LogP contribution in [0.15, 0.2) is 42.5 Å². The number of likely N-dealkylation sites (tertiary alicyclic amines) is 1. The van der Waals surface area contributed by atoms with Crippen molar-refractivity contribution in [3.8, 4) is 6.07 Å². The zero-order valence-corrected chi connectivity index (χ0v) is 13.9. The zero-order valence-electron chi connectivity index (χ0n) is 13.9. The van der Waals surface area contributed by atoms with Crippen molar-refractivity contribution < 1.29 is 9.90 Å². The van der Waals surface area contributed by atoms with E-state index < -0.39 is 5.97 Å². The molecule has 0 aliphatic carbocycles. The lowest BCUT2D eigenvalue weighted by Gasteiger charge is -2.32. The van der Waals surface area contributed by atoms with Crippen molar-refractivity contribution in [3.63, 3.8) is 0 Å². The van der Waals surface area contributed by atoms with E-state index in [2.05, 4.69) is 27.7 Å². The predicted octanol–water partition coefficient (Wildman–Crippen LogP) is 3.65. The third kappa shape index (κ3) is 2.65. The molecule has 4 rings (SSSR count). The Labute approximate surface area is 145 Å². The van der Waals surface area contributed by atoms with Crippen molar-refractivity contribution in [2.24, 2.45) is 0 Å². The zero-order chi connectivity index (χ0) is 17.4. The van der Waals surface area contributed by atoms with Gasteiger partial charge in [-0.3, -0.25) is 4.90 Å². The van der Waals surface area contributed by atoms with E-state index in [-0.39, 0.29) is 0 Å². The first-order valence-electron chi connectivity index (χ1n) is 8.54. The topological polar surface area (TPSA) is 69.3 Å². The van der Waals surface area contributed by atoms with Crippen molar-refractivity contribution in [2.75, 3.05) is 19.6 Å². The number of carboxylic acid groups (broad SMARTS) is 1. The second-order valence-corrected chi connectivity index (χ2v) is 6.59. The van der Waals surface area contributed by atoms with E-state index in [0.29, 0.717) is 18.2 Å². The molecule has 2 aromatic carbocycles. The summed E-state index contributed by atoms with van der Waals surface area (Å²) in [5.41, 5.74) is 2.46. The molecular weight excluding hydrogens is 314 g/mol. The Morgan fingerprint density at radius 1 is 1.12 bits per heavy atom. The molecule has 1 saturated heterocycles. The number of nitriles is 1. The second-order valence-electron chi connectivity index (χ2n) is 6.59. The molecule has 1 N–H and O–H groups in total. The minimum absolute atomic E-state index is 0.318. The largest absolute Gasteiger partial charge is 0.478 e. The predicted molar refractivity (Wildman–Crippen MR) is 96.7 cm³/mol. The highest BCUT2D eigenvalue weighted by atomic mass is 16.4. The number of aromatic nitrogens is 1. The number of aromatic carboxylic acids is 1. The van der Waals surface area contributed by atoms with E-state index in [0.717, 1.165) is 47.7 Å². The van der Waals surface area contributed by atoms with E-state index in [9.17, 15) is 9.90 Å². The first kappa shape index (κ1) is 15.7. The van der Waals surface area contributed by atoms with Crippen LogP contribution in [-0.2, 0) is 0 Å². The molecule has 0 atom stereocenters. The highest BCUT2D eigenvalue weighted by Crippen LogP contribution is 2.35. The van der Waals surface area contributed by atoms with Gasteiger partial charge < -0.3 is 9.67 Å². The second kappa shape index (κ2) is 6.23. The average Bonchev–Trinajstić information content (AvgIpc) is 2.96. The van der Waals surface area contributed by atoms with Gasteiger partial charge in [0.1, 0.15) is 0 Å². The smallest absolute Gasteiger partial charge is 0.335 e. The fraction of sp³-hybridized carbons (Fsp3) is 0.300. The highest BCUT2D eigenvalue weighted by Gasteiger charge is 2.24. The Hall–Kier alpha value is -2.84. The lowest BCUT2D eigenvalue weighted by atomic mass is 10.0. The molecule has 0 unspecified atom stereocenters. The summed E-state index contributed by atoms with van der Waals surface area (Å²) in [6.45, 7) is 2.26. The number of para-hydroxylation sites is 1. The molecule has 0 bridgehead atoms. The van der Waals surface area contributed by atoms with Crippen LogP contribution in [0.4, 0.5) is 0 Å². The molecule has 1 aromatic heterocycles. The minimum Gasteiger partial charge on any atom is -0.478 e. The maximum Gasteiger partial charge on any atom is 0.335 e. The number of carboxylic acids is 1. The van der Waals surface area contributed by atoms with Crippen LogP contribution in [0, 0.1) is 11.3 Å². The fourth-order valence-electron chi connectivity index (χ4n) is 3.96. The van der Waals surface area contributed by atoms with Gasteiger partial charge in [-0.2, -0.15) is 5.26 Å². The van der Waals surface area contributed by atoms with Crippen LogP contribution < -0.4 is 0 Å². The van der Waals surface area contributed by atoms with Crippen LogP contribution in [-0.4, -0.2) is 40.2 Å². The molecule has 1 aliphatic rings. The molecular formula is C20H19N3O2. The SMILES string of the molecule is N#CCN1CCC(n2c3ccccc3c3ccc(C(=O)O)cc32)CC1. The summed E-state index contributed by atoms with van der Waals surface area (Å²) in [5, 5.41) is 20.5. The quantitative estimate of drug-likeness (QED) is 0.743. The molecule has 0 saturated carbocycles. The van der Waals surface area contributed by atoms with Gasteiger partial charge in [0.2, 0.25) is 0 Å². The van der Waals surface area contributed by atoms with Gasteiger partial charge in [0.05, 0.1) is 23.7 Å². The molecule has 1 aliphatic heterocycles. The normalized spacial score (nSPS) is 16.3. The van der Waals surface area contributed by atoms with Crippen LogP contribution >= 0.6 is 0 Å². The summed E-state index contributed by atoms with van der Waals surface area (Å²) < 4.78 is 2.31. The van der Waals surface area contributed by atoms with E-state index in [1.54, 1.807) is 12.1 Å². The summed E-state index contributed by atoms with van der Waals surface area (Å²) in [6, 6.07) is 16.2. The average molecular weight is 333 g/mol. The number of hydrogen-bond acceptors (Lipinski definition) is 3. The van der Waals surface area contributed by atoms with Crippen molar-refractivity contribution in [1.82, 2.24) is 9.47 Å². The van der Waals surface area contributed by atoms with E-state index in [1.807, 2.05) is 18.2 Å².